The maximum absolute atomic E-state index is 9.31. The van der Waals surface area contributed by atoms with Crippen molar-refractivity contribution >= 4 is 0 Å². The van der Waals surface area contributed by atoms with E-state index in [0.29, 0.717) is 12.1 Å². The second kappa shape index (κ2) is 7.11. The second-order valence-electron chi connectivity index (χ2n) is 5.85. The zero-order valence-electron chi connectivity index (χ0n) is 12.5. The molecular weight excluding hydrogens is 222 g/mol. The Morgan fingerprint density at radius 3 is 2.56 bits per heavy atom. The van der Waals surface area contributed by atoms with Gasteiger partial charge in [0.15, 0.2) is 0 Å². The van der Waals surface area contributed by atoms with Crippen LogP contribution in [-0.4, -0.2) is 35.6 Å². The Morgan fingerprint density at radius 2 is 2.11 bits per heavy atom. The van der Waals surface area contributed by atoms with Crippen molar-refractivity contribution in [1.29, 1.82) is 5.26 Å². The Morgan fingerprint density at radius 1 is 1.44 bits per heavy atom. The molecule has 1 rings (SSSR count). The molecule has 1 saturated carbocycles. The molecule has 0 aromatic rings. The standard InChI is InChI=1S/C15H29N3/c1-5-13(3)18(6-2)11-7-10-15(4,12-16)17-14-8-9-14/h13-14,17H,5-11H2,1-4H3. The Kier molecular flexibility index (Phi) is 6.11. The van der Waals surface area contributed by atoms with Crippen LogP contribution in [0.25, 0.3) is 0 Å². The molecule has 0 amide bonds. The van der Waals surface area contributed by atoms with Crippen LogP contribution in [0.1, 0.15) is 59.8 Å². The summed E-state index contributed by atoms with van der Waals surface area (Å²) in [5.41, 5.74) is -0.323. The lowest BCUT2D eigenvalue weighted by atomic mass is 9.97. The normalized spacial score (nSPS) is 20.4. The molecule has 1 fully saturated rings. The average molecular weight is 251 g/mol. The van der Waals surface area contributed by atoms with Crippen molar-refractivity contribution in [2.24, 2.45) is 0 Å². The van der Waals surface area contributed by atoms with Gasteiger partial charge >= 0.3 is 0 Å². The minimum atomic E-state index is -0.323. The van der Waals surface area contributed by atoms with Gasteiger partial charge in [-0.05, 0) is 59.0 Å². The fraction of sp³-hybridized carbons (Fsp3) is 0.933. The summed E-state index contributed by atoms with van der Waals surface area (Å²) >= 11 is 0. The van der Waals surface area contributed by atoms with Crippen LogP contribution < -0.4 is 5.32 Å². The number of nitrogens with zero attached hydrogens (tertiary/aromatic N) is 2. The molecule has 2 unspecified atom stereocenters. The summed E-state index contributed by atoms with van der Waals surface area (Å²) < 4.78 is 0. The van der Waals surface area contributed by atoms with Gasteiger partial charge in [-0.25, -0.2) is 0 Å². The van der Waals surface area contributed by atoms with E-state index in [0.717, 1.165) is 25.9 Å². The molecule has 3 heteroatoms. The highest BCUT2D eigenvalue weighted by Gasteiger charge is 2.32. The second-order valence-corrected chi connectivity index (χ2v) is 5.85. The fourth-order valence-corrected chi connectivity index (χ4v) is 2.42. The SMILES string of the molecule is CCC(C)N(CC)CCCC(C)(C#N)NC1CC1. The molecule has 0 aromatic heterocycles. The van der Waals surface area contributed by atoms with E-state index in [4.69, 9.17) is 0 Å². The first-order chi connectivity index (χ1) is 8.54. The van der Waals surface area contributed by atoms with Gasteiger partial charge in [0.25, 0.3) is 0 Å². The predicted molar refractivity (Wildman–Crippen MR) is 76.4 cm³/mol. The van der Waals surface area contributed by atoms with E-state index in [1.807, 2.05) is 6.92 Å². The summed E-state index contributed by atoms with van der Waals surface area (Å²) in [6, 6.07) is 3.71. The van der Waals surface area contributed by atoms with Crippen molar-refractivity contribution in [3.63, 3.8) is 0 Å². The van der Waals surface area contributed by atoms with Gasteiger partial charge in [-0.15, -0.1) is 0 Å². The summed E-state index contributed by atoms with van der Waals surface area (Å²) in [6.07, 6.45) is 5.73. The molecule has 0 aromatic carbocycles. The Labute approximate surface area is 113 Å². The maximum atomic E-state index is 9.31. The van der Waals surface area contributed by atoms with E-state index in [2.05, 4.69) is 37.1 Å². The lowest BCUT2D eigenvalue weighted by Crippen LogP contribution is -2.43. The summed E-state index contributed by atoms with van der Waals surface area (Å²) in [6.45, 7) is 11.0. The van der Waals surface area contributed by atoms with Gasteiger partial charge in [-0.3, -0.25) is 5.32 Å². The van der Waals surface area contributed by atoms with Gasteiger partial charge in [-0.2, -0.15) is 5.26 Å². The molecule has 1 aliphatic carbocycles. The van der Waals surface area contributed by atoms with Crippen LogP contribution in [0, 0.1) is 11.3 Å². The summed E-state index contributed by atoms with van der Waals surface area (Å²) in [5.74, 6) is 0. The molecule has 1 aliphatic rings. The Bertz CT molecular complexity index is 280. The zero-order chi connectivity index (χ0) is 13.6. The first-order valence-corrected chi connectivity index (χ1v) is 7.47. The third-order valence-corrected chi connectivity index (χ3v) is 4.09. The van der Waals surface area contributed by atoms with E-state index in [9.17, 15) is 5.26 Å². The van der Waals surface area contributed by atoms with E-state index >= 15 is 0 Å². The average Bonchev–Trinajstić information content (AvgIpc) is 3.17. The van der Waals surface area contributed by atoms with Gasteiger partial charge in [0.1, 0.15) is 5.54 Å². The number of hydrogen-bond donors (Lipinski definition) is 1. The molecule has 0 aliphatic heterocycles. The van der Waals surface area contributed by atoms with Gasteiger partial charge in [-0.1, -0.05) is 13.8 Å². The van der Waals surface area contributed by atoms with E-state index < -0.39 is 0 Å². The van der Waals surface area contributed by atoms with Crippen LogP contribution >= 0.6 is 0 Å². The molecule has 0 saturated heterocycles. The molecular formula is C15H29N3. The lowest BCUT2D eigenvalue weighted by molar-refractivity contribution is 0.204. The van der Waals surface area contributed by atoms with Crippen LogP contribution in [0.5, 0.6) is 0 Å². The predicted octanol–water partition coefficient (Wildman–Crippen LogP) is 2.92. The van der Waals surface area contributed by atoms with Gasteiger partial charge in [0.05, 0.1) is 6.07 Å². The maximum Gasteiger partial charge on any atom is 0.104 e. The van der Waals surface area contributed by atoms with Crippen molar-refractivity contribution < 1.29 is 0 Å². The molecule has 3 nitrogen and oxygen atoms in total. The fourth-order valence-electron chi connectivity index (χ4n) is 2.42. The highest BCUT2D eigenvalue weighted by Crippen LogP contribution is 2.24. The minimum Gasteiger partial charge on any atom is -0.301 e. The molecule has 1 N–H and O–H groups in total. The van der Waals surface area contributed by atoms with Gasteiger partial charge in [0, 0.05) is 12.1 Å². The van der Waals surface area contributed by atoms with Crippen molar-refractivity contribution in [3.8, 4) is 6.07 Å². The number of nitriles is 1. The van der Waals surface area contributed by atoms with Crippen molar-refractivity contribution in [3.05, 3.63) is 0 Å². The number of rotatable bonds is 9. The highest BCUT2D eigenvalue weighted by atomic mass is 15.1. The number of hydrogen-bond acceptors (Lipinski definition) is 3. The van der Waals surface area contributed by atoms with Crippen molar-refractivity contribution in [2.45, 2.75) is 77.4 Å². The Balaban J connectivity index is 2.31. The molecule has 0 bridgehead atoms. The van der Waals surface area contributed by atoms with Gasteiger partial charge < -0.3 is 4.90 Å². The molecule has 0 spiro atoms. The van der Waals surface area contributed by atoms with Crippen LogP contribution in [0.2, 0.25) is 0 Å². The summed E-state index contributed by atoms with van der Waals surface area (Å²) in [7, 11) is 0. The smallest absolute Gasteiger partial charge is 0.104 e. The van der Waals surface area contributed by atoms with Crippen LogP contribution in [-0.2, 0) is 0 Å². The lowest BCUT2D eigenvalue weighted by Gasteiger charge is -2.29. The van der Waals surface area contributed by atoms with E-state index in [1.165, 1.54) is 19.3 Å². The quantitative estimate of drug-likeness (QED) is 0.685. The van der Waals surface area contributed by atoms with Crippen LogP contribution in [0.3, 0.4) is 0 Å². The first-order valence-electron chi connectivity index (χ1n) is 7.47. The van der Waals surface area contributed by atoms with E-state index in [1.54, 1.807) is 0 Å². The van der Waals surface area contributed by atoms with E-state index in [-0.39, 0.29) is 5.54 Å². The third-order valence-electron chi connectivity index (χ3n) is 4.09. The first kappa shape index (κ1) is 15.5. The molecule has 104 valence electrons. The minimum absolute atomic E-state index is 0.323. The van der Waals surface area contributed by atoms with Crippen molar-refractivity contribution in [2.75, 3.05) is 13.1 Å². The largest absolute Gasteiger partial charge is 0.301 e. The summed E-state index contributed by atoms with van der Waals surface area (Å²) in [4.78, 5) is 2.51. The third kappa shape index (κ3) is 4.96. The monoisotopic (exact) mass is 251 g/mol. The molecule has 0 radical (unpaired) electrons. The molecule has 18 heavy (non-hydrogen) atoms. The van der Waals surface area contributed by atoms with Crippen LogP contribution in [0.4, 0.5) is 0 Å². The topological polar surface area (TPSA) is 39.1 Å². The Hall–Kier alpha value is -0.590. The highest BCUT2D eigenvalue weighted by molar-refractivity contribution is 5.07. The van der Waals surface area contributed by atoms with Gasteiger partial charge in [0.2, 0.25) is 0 Å². The summed E-state index contributed by atoms with van der Waals surface area (Å²) in [5, 5.41) is 12.8. The zero-order valence-corrected chi connectivity index (χ0v) is 12.5. The van der Waals surface area contributed by atoms with Crippen LogP contribution in [0.15, 0.2) is 0 Å². The molecule has 0 heterocycles. The van der Waals surface area contributed by atoms with Crippen molar-refractivity contribution in [1.82, 2.24) is 10.2 Å². The molecule has 2 atom stereocenters. The number of nitrogens with one attached hydrogen (secondary N) is 1.